The van der Waals surface area contributed by atoms with Crippen LogP contribution in [0.5, 0.6) is 0 Å². The minimum atomic E-state index is -3.63. The molecule has 0 aliphatic carbocycles. The van der Waals surface area contributed by atoms with Crippen LogP contribution < -0.4 is 4.72 Å². The van der Waals surface area contributed by atoms with Crippen LogP contribution in [0.1, 0.15) is 0 Å². The highest BCUT2D eigenvalue weighted by atomic mass is 32.2. The predicted octanol–water partition coefficient (Wildman–Crippen LogP) is -0.804. The van der Waals surface area contributed by atoms with Crippen molar-refractivity contribution in [2.75, 3.05) is 22.5 Å². The highest BCUT2D eigenvalue weighted by molar-refractivity contribution is 7.95. The maximum Gasteiger partial charge on any atom is 0.233 e. The Kier molecular flexibility index (Phi) is 3.35. The minimum Gasteiger partial charge on any atom is -0.284 e. The van der Waals surface area contributed by atoms with Gasteiger partial charge in [0, 0.05) is 12.5 Å². The molecule has 0 unspecified atom stereocenters. The molecule has 0 fully saturated rings. The molecular weight excluding hydrogens is 242 g/mol. The smallest absolute Gasteiger partial charge is 0.233 e. The summed E-state index contributed by atoms with van der Waals surface area (Å²) in [4.78, 5) is 0. The van der Waals surface area contributed by atoms with E-state index in [0.717, 1.165) is 6.26 Å². The number of sulfonamides is 1. The van der Waals surface area contributed by atoms with Crippen LogP contribution in [0.4, 0.5) is 5.69 Å². The Morgan fingerprint density at radius 3 is 2.47 bits per heavy atom. The van der Waals surface area contributed by atoms with E-state index < -0.39 is 31.4 Å². The first-order chi connectivity index (χ1) is 6.79. The molecule has 9 heteroatoms. The Balaban J connectivity index is 2.61. The fourth-order valence-corrected chi connectivity index (χ4v) is 3.46. The van der Waals surface area contributed by atoms with Crippen molar-refractivity contribution in [3.8, 4) is 0 Å². The van der Waals surface area contributed by atoms with Gasteiger partial charge in [0.2, 0.25) is 10.0 Å². The predicted molar refractivity (Wildman–Crippen MR) is 55.7 cm³/mol. The third-order valence-corrected chi connectivity index (χ3v) is 3.99. The topological polar surface area (TPSA) is 109 Å². The van der Waals surface area contributed by atoms with Gasteiger partial charge in [0.1, 0.15) is 9.84 Å². The molecule has 0 radical (unpaired) electrons. The Bertz CT molecular complexity index is 503. The number of hydrogen-bond donors (Lipinski definition) is 2. The standard InChI is InChI=1S/C6H11N3O4S2/c1-14(10,11)2-3-15(12,13)9-6-4-7-8-5-6/h4-5,9H,2-3H2,1H3,(H,7,8). The molecule has 0 amide bonds. The Hall–Kier alpha value is -1.09. The van der Waals surface area contributed by atoms with Gasteiger partial charge in [-0.2, -0.15) is 5.10 Å². The molecule has 1 aromatic heterocycles. The van der Waals surface area contributed by atoms with Gasteiger partial charge in [-0.05, 0) is 0 Å². The first-order valence-corrected chi connectivity index (χ1v) is 7.67. The number of aromatic amines is 1. The fraction of sp³-hybridized carbons (Fsp3) is 0.500. The molecule has 0 aromatic carbocycles. The number of nitrogens with one attached hydrogen (secondary N) is 2. The average Bonchev–Trinajstić information content (AvgIpc) is 2.52. The summed E-state index contributed by atoms with van der Waals surface area (Å²) in [6, 6.07) is 0. The molecular formula is C6H11N3O4S2. The molecule has 0 aliphatic rings. The third kappa shape index (κ3) is 4.79. The molecule has 0 bridgehead atoms. The maximum absolute atomic E-state index is 11.3. The average molecular weight is 253 g/mol. The summed E-state index contributed by atoms with van der Waals surface area (Å²) in [7, 11) is -6.91. The van der Waals surface area contributed by atoms with Gasteiger partial charge in [-0.25, -0.2) is 16.8 Å². The third-order valence-electron chi connectivity index (χ3n) is 1.49. The van der Waals surface area contributed by atoms with Crippen molar-refractivity contribution < 1.29 is 16.8 Å². The normalized spacial score (nSPS) is 12.6. The quantitative estimate of drug-likeness (QED) is 0.713. The van der Waals surface area contributed by atoms with Gasteiger partial charge in [-0.15, -0.1) is 0 Å². The van der Waals surface area contributed by atoms with Crippen molar-refractivity contribution in [3.63, 3.8) is 0 Å². The second-order valence-corrected chi connectivity index (χ2v) is 7.14. The van der Waals surface area contributed by atoms with Gasteiger partial charge in [0.15, 0.2) is 0 Å². The molecule has 15 heavy (non-hydrogen) atoms. The van der Waals surface area contributed by atoms with Crippen molar-refractivity contribution in [1.29, 1.82) is 0 Å². The molecule has 7 nitrogen and oxygen atoms in total. The van der Waals surface area contributed by atoms with E-state index >= 15 is 0 Å². The zero-order chi connectivity index (χ0) is 11.5. The largest absolute Gasteiger partial charge is 0.284 e. The molecule has 0 atom stereocenters. The van der Waals surface area contributed by atoms with Crippen molar-refractivity contribution in [1.82, 2.24) is 10.2 Å². The first-order valence-electron chi connectivity index (χ1n) is 3.95. The molecule has 2 N–H and O–H groups in total. The molecule has 0 spiro atoms. The number of sulfone groups is 1. The van der Waals surface area contributed by atoms with Gasteiger partial charge in [-0.3, -0.25) is 9.82 Å². The lowest BCUT2D eigenvalue weighted by Gasteiger charge is -2.04. The highest BCUT2D eigenvalue weighted by Crippen LogP contribution is 2.05. The van der Waals surface area contributed by atoms with Crippen molar-refractivity contribution >= 4 is 25.5 Å². The van der Waals surface area contributed by atoms with E-state index in [0.29, 0.717) is 0 Å². The lowest BCUT2D eigenvalue weighted by Crippen LogP contribution is -2.22. The van der Waals surface area contributed by atoms with E-state index in [1.165, 1.54) is 12.4 Å². The van der Waals surface area contributed by atoms with E-state index in [1.54, 1.807) is 0 Å². The van der Waals surface area contributed by atoms with Crippen LogP contribution in [0.3, 0.4) is 0 Å². The van der Waals surface area contributed by atoms with Gasteiger partial charge < -0.3 is 0 Å². The van der Waals surface area contributed by atoms with Crippen LogP contribution in [0.25, 0.3) is 0 Å². The van der Waals surface area contributed by atoms with Gasteiger partial charge in [-0.1, -0.05) is 0 Å². The fourth-order valence-electron chi connectivity index (χ4n) is 0.798. The number of H-pyrrole nitrogens is 1. The molecule has 0 aliphatic heterocycles. The van der Waals surface area contributed by atoms with Crippen LogP contribution >= 0.6 is 0 Å². The maximum atomic E-state index is 11.3. The summed E-state index contributed by atoms with van der Waals surface area (Å²) in [6.45, 7) is 0. The Morgan fingerprint density at radius 1 is 1.33 bits per heavy atom. The monoisotopic (exact) mass is 253 g/mol. The summed E-state index contributed by atoms with van der Waals surface area (Å²) in [5, 5.41) is 5.97. The van der Waals surface area contributed by atoms with E-state index in [2.05, 4.69) is 14.9 Å². The van der Waals surface area contributed by atoms with Crippen LogP contribution in [-0.2, 0) is 19.9 Å². The zero-order valence-corrected chi connectivity index (χ0v) is 9.60. The summed E-state index contributed by atoms with van der Waals surface area (Å²) < 4.78 is 46.4. The minimum absolute atomic E-state index is 0.281. The van der Waals surface area contributed by atoms with Gasteiger partial charge in [0.05, 0.1) is 23.4 Å². The van der Waals surface area contributed by atoms with Crippen molar-refractivity contribution in [2.45, 2.75) is 0 Å². The van der Waals surface area contributed by atoms with Gasteiger partial charge in [0.25, 0.3) is 0 Å². The SMILES string of the molecule is CS(=O)(=O)CCS(=O)(=O)Nc1cn[nH]c1. The molecule has 0 saturated heterocycles. The van der Waals surface area contributed by atoms with Crippen LogP contribution in [0.2, 0.25) is 0 Å². The first kappa shape index (κ1) is 12.0. The van der Waals surface area contributed by atoms with Crippen LogP contribution in [0.15, 0.2) is 12.4 Å². The van der Waals surface area contributed by atoms with E-state index in [4.69, 9.17) is 0 Å². The second kappa shape index (κ2) is 4.19. The Morgan fingerprint density at radius 2 is 2.00 bits per heavy atom. The number of anilines is 1. The Labute approximate surface area is 87.9 Å². The van der Waals surface area contributed by atoms with Crippen LogP contribution in [0, 0.1) is 0 Å². The van der Waals surface area contributed by atoms with Crippen LogP contribution in [-0.4, -0.2) is 44.8 Å². The molecule has 86 valence electrons. The van der Waals surface area contributed by atoms with E-state index in [-0.39, 0.29) is 5.69 Å². The zero-order valence-electron chi connectivity index (χ0n) is 7.97. The number of nitrogens with zero attached hydrogens (tertiary/aromatic N) is 1. The second-order valence-electron chi connectivity index (χ2n) is 3.04. The van der Waals surface area contributed by atoms with E-state index in [1.807, 2.05) is 0 Å². The summed E-state index contributed by atoms with van der Waals surface area (Å²) in [5.41, 5.74) is 0.281. The molecule has 0 saturated carbocycles. The van der Waals surface area contributed by atoms with Gasteiger partial charge >= 0.3 is 0 Å². The molecule has 1 heterocycles. The summed E-state index contributed by atoms with van der Waals surface area (Å²) in [5.74, 6) is -0.864. The molecule has 1 rings (SSSR count). The highest BCUT2D eigenvalue weighted by Gasteiger charge is 2.14. The number of hydrogen-bond acceptors (Lipinski definition) is 5. The van der Waals surface area contributed by atoms with Crippen molar-refractivity contribution in [3.05, 3.63) is 12.4 Å². The number of aromatic nitrogens is 2. The molecule has 1 aromatic rings. The van der Waals surface area contributed by atoms with E-state index in [9.17, 15) is 16.8 Å². The van der Waals surface area contributed by atoms with Crippen molar-refractivity contribution in [2.24, 2.45) is 0 Å². The lowest BCUT2D eigenvalue weighted by molar-refractivity contribution is 0.593. The number of rotatable bonds is 5. The lowest BCUT2D eigenvalue weighted by atomic mass is 10.6. The summed E-state index contributed by atoms with van der Waals surface area (Å²) in [6.07, 6.45) is 3.64. The summed E-state index contributed by atoms with van der Waals surface area (Å²) >= 11 is 0.